The fraction of sp³-hybridized carbons (Fsp3) is 0.400. The summed E-state index contributed by atoms with van der Waals surface area (Å²) in [5.41, 5.74) is -1.32. The van der Waals surface area contributed by atoms with Gasteiger partial charge in [-0.15, -0.1) is 0 Å². The van der Waals surface area contributed by atoms with Crippen molar-refractivity contribution in [1.29, 1.82) is 0 Å². The molecule has 0 amide bonds. The second kappa shape index (κ2) is 5.93. The van der Waals surface area contributed by atoms with Gasteiger partial charge in [-0.1, -0.05) is 6.07 Å². The molecule has 0 aliphatic rings. The molecule has 19 heavy (non-hydrogen) atoms. The minimum atomic E-state index is -3.86. The molecule has 1 atom stereocenters. The van der Waals surface area contributed by atoms with Gasteiger partial charge in [-0.3, -0.25) is 14.8 Å². The van der Waals surface area contributed by atoms with Crippen molar-refractivity contribution in [3.8, 4) is 0 Å². The summed E-state index contributed by atoms with van der Waals surface area (Å²) in [7, 11) is -2.53. The molecule has 1 unspecified atom stereocenters. The molecule has 106 valence electrons. The summed E-state index contributed by atoms with van der Waals surface area (Å²) in [5, 5.41) is 10.7. The van der Waals surface area contributed by atoms with E-state index < -0.39 is 44.0 Å². The largest absolute Gasteiger partial charge is 0.381 e. The zero-order chi connectivity index (χ0) is 14.6. The van der Waals surface area contributed by atoms with Gasteiger partial charge in [0, 0.05) is 7.11 Å². The Bertz CT molecular complexity index is 575. The fourth-order valence-corrected chi connectivity index (χ4v) is 2.71. The van der Waals surface area contributed by atoms with E-state index in [9.17, 15) is 22.9 Å². The van der Waals surface area contributed by atoms with Crippen molar-refractivity contribution in [2.24, 2.45) is 0 Å². The first-order valence-electron chi connectivity index (χ1n) is 5.23. The topological polar surface area (TPSA) is 98.5 Å². The predicted octanol–water partition coefficient (Wildman–Crippen LogP) is 1.51. The maximum absolute atomic E-state index is 13.3. The van der Waals surface area contributed by atoms with E-state index in [1.807, 2.05) is 4.72 Å². The number of nitro benzene ring substituents is 1. The highest BCUT2D eigenvalue weighted by atomic mass is 32.2. The molecule has 0 spiro atoms. The lowest BCUT2D eigenvalue weighted by Crippen LogP contribution is -2.25. The Morgan fingerprint density at radius 2 is 2.16 bits per heavy atom. The Labute approximate surface area is 109 Å². The average molecular weight is 292 g/mol. The van der Waals surface area contributed by atoms with E-state index >= 15 is 0 Å². The summed E-state index contributed by atoms with van der Waals surface area (Å²) >= 11 is 0. The average Bonchev–Trinajstić information content (AvgIpc) is 2.26. The van der Waals surface area contributed by atoms with E-state index in [-0.39, 0.29) is 0 Å². The lowest BCUT2D eigenvalue weighted by Gasteiger charge is -2.12. The molecule has 0 aromatic heterocycles. The van der Waals surface area contributed by atoms with Crippen LogP contribution < -0.4 is 4.72 Å². The Hall–Kier alpha value is -1.74. The summed E-state index contributed by atoms with van der Waals surface area (Å²) < 4.78 is 43.5. The van der Waals surface area contributed by atoms with Gasteiger partial charge in [0.25, 0.3) is 0 Å². The van der Waals surface area contributed by atoms with Gasteiger partial charge in [-0.25, -0.2) is 8.42 Å². The molecule has 0 saturated carbocycles. The van der Waals surface area contributed by atoms with Crippen LogP contribution in [-0.4, -0.2) is 32.3 Å². The Kier molecular flexibility index (Phi) is 4.78. The third kappa shape index (κ3) is 4.14. The van der Waals surface area contributed by atoms with Gasteiger partial charge in [-0.2, -0.15) is 4.39 Å². The lowest BCUT2D eigenvalue weighted by molar-refractivity contribution is -0.386. The van der Waals surface area contributed by atoms with Crippen LogP contribution in [0.1, 0.15) is 6.92 Å². The number of methoxy groups -OCH3 is 1. The summed E-state index contributed by atoms with van der Waals surface area (Å²) in [6.45, 7) is 1.53. The highest BCUT2D eigenvalue weighted by Gasteiger charge is 2.24. The fourth-order valence-electron chi connectivity index (χ4n) is 1.37. The Morgan fingerprint density at radius 1 is 1.53 bits per heavy atom. The summed E-state index contributed by atoms with van der Waals surface area (Å²) in [4.78, 5) is 9.73. The number of benzene rings is 1. The van der Waals surface area contributed by atoms with Gasteiger partial charge < -0.3 is 4.74 Å². The van der Waals surface area contributed by atoms with Gasteiger partial charge in [0.15, 0.2) is 0 Å². The van der Waals surface area contributed by atoms with Crippen LogP contribution in [0.15, 0.2) is 18.2 Å². The second-order valence-corrected chi connectivity index (χ2v) is 5.59. The van der Waals surface area contributed by atoms with Gasteiger partial charge in [0.1, 0.15) is 5.69 Å². The van der Waals surface area contributed by atoms with E-state index in [0.717, 1.165) is 12.1 Å². The molecule has 0 aliphatic carbocycles. The third-order valence-corrected chi connectivity index (χ3v) is 3.73. The van der Waals surface area contributed by atoms with E-state index in [4.69, 9.17) is 4.74 Å². The van der Waals surface area contributed by atoms with Crippen LogP contribution in [0, 0.1) is 15.9 Å². The SMILES string of the molecule is COC(C)CS(=O)(=O)Nc1cccc(F)c1[N+](=O)[O-]. The normalized spacial score (nSPS) is 13.0. The number of rotatable bonds is 6. The number of halogens is 1. The van der Waals surface area contributed by atoms with Gasteiger partial charge >= 0.3 is 5.69 Å². The van der Waals surface area contributed by atoms with Crippen molar-refractivity contribution in [2.45, 2.75) is 13.0 Å². The maximum atomic E-state index is 13.3. The molecule has 9 heteroatoms. The Morgan fingerprint density at radius 3 is 2.68 bits per heavy atom. The number of anilines is 1. The molecular formula is C10H13FN2O5S. The molecule has 0 fully saturated rings. The number of nitrogens with zero attached hydrogens (tertiary/aromatic N) is 1. The molecule has 0 radical (unpaired) electrons. The standard InChI is InChI=1S/C10H13FN2O5S/c1-7(18-2)6-19(16,17)12-9-5-3-4-8(11)10(9)13(14)15/h3-5,7,12H,6H2,1-2H3. The number of nitrogens with one attached hydrogen (secondary N) is 1. The smallest absolute Gasteiger partial charge is 0.328 e. The third-order valence-electron chi connectivity index (χ3n) is 2.29. The quantitative estimate of drug-likeness (QED) is 0.633. The van der Waals surface area contributed by atoms with Crippen molar-refractivity contribution in [2.75, 3.05) is 17.6 Å². The van der Waals surface area contributed by atoms with Gasteiger partial charge in [0.2, 0.25) is 15.8 Å². The van der Waals surface area contributed by atoms with Crippen molar-refractivity contribution < 1.29 is 22.5 Å². The van der Waals surface area contributed by atoms with E-state index in [1.165, 1.54) is 20.1 Å². The minimum Gasteiger partial charge on any atom is -0.381 e. The number of hydrogen-bond acceptors (Lipinski definition) is 5. The number of ether oxygens (including phenoxy) is 1. The van der Waals surface area contributed by atoms with E-state index in [1.54, 1.807) is 0 Å². The molecule has 1 aromatic carbocycles. The molecule has 1 aromatic rings. The number of hydrogen-bond donors (Lipinski definition) is 1. The Balaban J connectivity index is 3.06. The van der Waals surface area contributed by atoms with Crippen molar-refractivity contribution in [1.82, 2.24) is 0 Å². The highest BCUT2D eigenvalue weighted by molar-refractivity contribution is 7.92. The van der Waals surface area contributed by atoms with Crippen LogP contribution in [0.4, 0.5) is 15.8 Å². The molecular weight excluding hydrogens is 279 g/mol. The number of nitro groups is 1. The first-order valence-corrected chi connectivity index (χ1v) is 6.88. The van der Waals surface area contributed by atoms with E-state index in [2.05, 4.69) is 0 Å². The number of para-hydroxylation sites is 1. The molecule has 0 aliphatic heterocycles. The first kappa shape index (κ1) is 15.3. The first-order chi connectivity index (χ1) is 8.76. The molecule has 0 bridgehead atoms. The van der Waals surface area contributed by atoms with Gasteiger partial charge in [-0.05, 0) is 19.1 Å². The highest BCUT2D eigenvalue weighted by Crippen LogP contribution is 2.28. The minimum absolute atomic E-state index is 0.392. The van der Waals surface area contributed by atoms with Crippen LogP contribution in [0.25, 0.3) is 0 Å². The van der Waals surface area contributed by atoms with Gasteiger partial charge in [0.05, 0.1) is 16.8 Å². The second-order valence-electron chi connectivity index (χ2n) is 3.82. The van der Waals surface area contributed by atoms with Crippen molar-refractivity contribution in [3.63, 3.8) is 0 Å². The van der Waals surface area contributed by atoms with Crippen LogP contribution in [-0.2, 0) is 14.8 Å². The molecule has 1 N–H and O–H groups in total. The molecule has 0 saturated heterocycles. The molecule has 7 nitrogen and oxygen atoms in total. The number of sulfonamides is 1. The summed E-state index contributed by atoms with van der Waals surface area (Å²) in [6.07, 6.45) is -0.592. The maximum Gasteiger partial charge on any atom is 0.328 e. The summed E-state index contributed by atoms with van der Waals surface area (Å²) in [5.74, 6) is -1.50. The summed E-state index contributed by atoms with van der Waals surface area (Å²) in [6, 6.07) is 3.18. The monoisotopic (exact) mass is 292 g/mol. The van der Waals surface area contributed by atoms with Crippen LogP contribution in [0.2, 0.25) is 0 Å². The molecule has 1 rings (SSSR count). The van der Waals surface area contributed by atoms with Crippen LogP contribution >= 0.6 is 0 Å². The van der Waals surface area contributed by atoms with Crippen LogP contribution in [0.5, 0.6) is 0 Å². The van der Waals surface area contributed by atoms with Crippen molar-refractivity contribution in [3.05, 3.63) is 34.1 Å². The predicted molar refractivity (Wildman–Crippen MR) is 66.9 cm³/mol. The zero-order valence-corrected chi connectivity index (χ0v) is 11.1. The van der Waals surface area contributed by atoms with E-state index in [0.29, 0.717) is 0 Å². The molecule has 0 heterocycles. The lowest BCUT2D eigenvalue weighted by atomic mass is 10.2. The van der Waals surface area contributed by atoms with Crippen molar-refractivity contribution >= 4 is 21.4 Å². The van der Waals surface area contributed by atoms with Crippen LogP contribution in [0.3, 0.4) is 0 Å². The zero-order valence-electron chi connectivity index (χ0n) is 10.3.